The predicted molar refractivity (Wildman–Crippen MR) is 112 cm³/mol. The van der Waals surface area contributed by atoms with Gasteiger partial charge in [0, 0.05) is 20.0 Å². The van der Waals surface area contributed by atoms with E-state index in [9.17, 15) is 31.2 Å². The minimum atomic E-state index is -4.43. The summed E-state index contributed by atoms with van der Waals surface area (Å²) in [5.41, 5.74) is 1.17. The lowest BCUT2D eigenvalue weighted by Crippen LogP contribution is -2.59. The fourth-order valence-electron chi connectivity index (χ4n) is 5.93. The predicted octanol–water partition coefficient (Wildman–Crippen LogP) is 3.30. The van der Waals surface area contributed by atoms with Crippen molar-refractivity contribution in [2.45, 2.75) is 57.5 Å². The third kappa shape index (κ3) is 4.49. The van der Waals surface area contributed by atoms with Gasteiger partial charge < -0.3 is 4.18 Å². The summed E-state index contributed by atoms with van der Waals surface area (Å²) in [5, 5.41) is 0. The summed E-state index contributed by atoms with van der Waals surface area (Å²) >= 11 is 0. The van der Waals surface area contributed by atoms with Crippen molar-refractivity contribution in [3.63, 3.8) is 0 Å². The molecule has 2 amide bonds. The van der Waals surface area contributed by atoms with Gasteiger partial charge in [-0.2, -0.15) is 26.3 Å². The van der Waals surface area contributed by atoms with Crippen molar-refractivity contribution in [1.29, 1.82) is 0 Å². The molecule has 7 nitrogen and oxygen atoms in total. The molecule has 2 fully saturated rings. The Morgan fingerprint density at radius 2 is 1.97 bits per heavy atom. The van der Waals surface area contributed by atoms with E-state index in [1.165, 1.54) is 7.05 Å². The number of fused-ring (bicyclic) bond motifs is 5. The van der Waals surface area contributed by atoms with Crippen LogP contribution in [0.5, 0.6) is 5.75 Å². The summed E-state index contributed by atoms with van der Waals surface area (Å²) in [6.07, 6.45) is -3.05. The fraction of sp³-hybridized carbons (Fsp3) is 0.636. The van der Waals surface area contributed by atoms with Crippen molar-refractivity contribution in [3.05, 3.63) is 29.3 Å². The third-order valence-electron chi connectivity index (χ3n) is 7.59. The molecule has 1 saturated heterocycles. The van der Waals surface area contributed by atoms with Gasteiger partial charge in [0.05, 0.1) is 11.8 Å². The monoisotopic (exact) mass is 488 g/mol. The number of halogens is 3. The van der Waals surface area contributed by atoms with Gasteiger partial charge in [-0.05, 0) is 66.7 Å². The van der Waals surface area contributed by atoms with Crippen LogP contribution in [-0.4, -0.2) is 44.9 Å². The van der Waals surface area contributed by atoms with Crippen LogP contribution in [0.2, 0.25) is 0 Å². The van der Waals surface area contributed by atoms with Crippen LogP contribution >= 0.6 is 0 Å². The molecule has 1 N–H and O–H groups in total. The summed E-state index contributed by atoms with van der Waals surface area (Å²) in [4.78, 5) is 26.7. The smallest absolute Gasteiger partial charge is 0.371 e. The summed E-state index contributed by atoms with van der Waals surface area (Å²) < 4.78 is 68.6. The SMILES string of the molecule is CNS(=O)(=O)Oc1ccc2c(c1)CCC1C2CC[C@]2(C)C(=O)N(CCC(F)(F)F)C(=O)CC12. The zero-order valence-corrected chi connectivity index (χ0v) is 19.3. The number of rotatable bonds is 5. The number of aryl methyl sites for hydroxylation is 1. The molecule has 3 aliphatic rings. The molecule has 4 rings (SSSR count). The first-order valence-corrected chi connectivity index (χ1v) is 12.4. The number of carbonyl (C=O) groups is 2. The highest BCUT2D eigenvalue weighted by atomic mass is 32.2. The average molecular weight is 489 g/mol. The van der Waals surface area contributed by atoms with Gasteiger partial charge in [-0.15, -0.1) is 0 Å². The maximum absolute atomic E-state index is 13.2. The Balaban J connectivity index is 1.56. The van der Waals surface area contributed by atoms with Crippen LogP contribution in [0.15, 0.2) is 18.2 Å². The van der Waals surface area contributed by atoms with Crippen molar-refractivity contribution < 1.29 is 35.4 Å². The Morgan fingerprint density at radius 3 is 2.64 bits per heavy atom. The number of alkyl halides is 3. The van der Waals surface area contributed by atoms with Gasteiger partial charge in [0.15, 0.2) is 0 Å². The minimum absolute atomic E-state index is 0.0572. The number of hydrogen-bond acceptors (Lipinski definition) is 5. The fourth-order valence-corrected chi connectivity index (χ4v) is 6.37. The van der Waals surface area contributed by atoms with Crippen molar-refractivity contribution >= 4 is 22.1 Å². The molecule has 11 heteroatoms. The van der Waals surface area contributed by atoms with Gasteiger partial charge in [0.25, 0.3) is 0 Å². The zero-order chi connectivity index (χ0) is 24.2. The molecule has 0 aromatic heterocycles. The van der Waals surface area contributed by atoms with E-state index in [1.807, 2.05) is 6.07 Å². The average Bonchev–Trinajstić information content (AvgIpc) is 2.73. The Bertz CT molecular complexity index is 1070. The van der Waals surface area contributed by atoms with E-state index < -0.39 is 46.7 Å². The van der Waals surface area contributed by atoms with Crippen LogP contribution in [0.3, 0.4) is 0 Å². The highest BCUT2D eigenvalue weighted by Gasteiger charge is 2.57. The Hall–Kier alpha value is -2.14. The molecule has 1 aromatic rings. The first kappa shape index (κ1) is 24.0. The van der Waals surface area contributed by atoms with Crippen molar-refractivity contribution in [3.8, 4) is 5.75 Å². The van der Waals surface area contributed by atoms with Crippen LogP contribution in [0.25, 0.3) is 0 Å². The summed E-state index contributed by atoms with van der Waals surface area (Å²) in [6, 6.07) is 5.15. The van der Waals surface area contributed by atoms with E-state index in [0.717, 1.165) is 16.0 Å². The van der Waals surface area contributed by atoms with Gasteiger partial charge in [-0.3, -0.25) is 14.5 Å². The van der Waals surface area contributed by atoms with Crippen LogP contribution in [0.1, 0.15) is 56.1 Å². The number of nitrogens with zero attached hydrogens (tertiary/aromatic N) is 1. The number of likely N-dealkylation sites (tertiary alicyclic amines) is 1. The standard InChI is InChI=1S/C22H27F3N2O5S/c1-21-8-7-16-15-6-4-14(32-33(30,31)26-2)11-13(15)3-5-17(16)18(21)12-19(28)27(20(21)29)10-9-22(23,24)25/h4,6,11,16-18,26H,3,5,7-10,12H2,1-2H3/t16?,17?,18?,21-/m0/s1. The van der Waals surface area contributed by atoms with Crippen LogP contribution < -0.4 is 8.91 Å². The molecule has 33 heavy (non-hydrogen) atoms. The van der Waals surface area contributed by atoms with Gasteiger partial charge >= 0.3 is 16.5 Å². The highest BCUT2D eigenvalue weighted by molar-refractivity contribution is 7.85. The second-order valence-electron chi connectivity index (χ2n) is 9.39. The molecular formula is C22H27F3N2O5S. The Labute approximate surface area is 190 Å². The zero-order valence-electron chi connectivity index (χ0n) is 18.4. The molecule has 0 radical (unpaired) electrons. The molecule has 2 aliphatic carbocycles. The molecular weight excluding hydrogens is 461 g/mol. The molecule has 182 valence electrons. The highest BCUT2D eigenvalue weighted by Crippen LogP contribution is 2.58. The summed E-state index contributed by atoms with van der Waals surface area (Å²) in [7, 11) is -2.62. The van der Waals surface area contributed by atoms with E-state index in [4.69, 9.17) is 4.18 Å². The maximum Gasteiger partial charge on any atom is 0.390 e. The van der Waals surface area contributed by atoms with E-state index in [2.05, 4.69) is 4.72 Å². The van der Waals surface area contributed by atoms with Gasteiger partial charge in [0.1, 0.15) is 5.75 Å². The lowest BCUT2D eigenvalue weighted by Gasteiger charge is -2.54. The largest absolute Gasteiger partial charge is 0.390 e. The maximum atomic E-state index is 13.2. The number of hydrogen-bond donors (Lipinski definition) is 1. The normalized spacial score (nSPS) is 29.8. The Morgan fingerprint density at radius 1 is 1.24 bits per heavy atom. The molecule has 1 saturated carbocycles. The minimum Gasteiger partial charge on any atom is -0.371 e. The van der Waals surface area contributed by atoms with Crippen molar-refractivity contribution in [2.24, 2.45) is 17.3 Å². The Kier molecular flexibility index (Phi) is 6.01. The molecule has 3 unspecified atom stereocenters. The van der Waals surface area contributed by atoms with E-state index in [0.29, 0.717) is 25.7 Å². The van der Waals surface area contributed by atoms with Crippen LogP contribution in [-0.2, 0) is 26.3 Å². The second kappa shape index (κ2) is 8.26. The van der Waals surface area contributed by atoms with E-state index in [-0.39, 0.29) is 29.9 Å². The molecule has 1 aliphatic heterocycles. The molecule has 0 spiro atoms. The van der Waals surface area contributed by atoms with Crippen LogP contribution in [0.4, 0.5) is 13.2 Å². The molecule has 1 aromatic carbocycles. The van der Waals surface area contributed by atoms with E-state index >= 15 is 0 Å². The number of nitrogens with one attached hydrogen (secondary N) is 1. The molecule has 4 atom stereocenters. The van der Waals surface area contributed by atoms with Gasteiger partial charge in [0.2, 0.25) is 11.8 Å². The number of imide groups is 1. The molecule has 1 heterocycles. The van der Waals surface area contributed by atoms with E-state index in [1.54, 1.807) is 19.1 Å². The lowest BCUT2D eigenvalue weighted by atomic mass is 9.52. The third-order valence-corrected chi connectivity index (χ3v) is 8.50. The lowest BCUT2D eigenvalue weighted by molar-refractivity contribution is -0.172. The van der Waals surface area contributed by atoms with Crippen molar-refractivity contribution in [1.82, 2.24) is 9.62 Å². The number of carbonyl (C=O) groups excluding carboxylic acids is 2. The topological polar surface area (TPSA) is 92.8 Å². The van der Waals surface area contributed by atoms with Crippen molar-refractivity contribution in [2.75, 3.05) is 13.6 Å². The van der Waals surface area contributed by atoms with Gasteiger partial charge in [-0.25, -0.2) is 0 Å². The van der Waals surface area contributed by atoms with Crippen LogP contribution in [0, 0.1) is 17.3 Å². The first-order chi connectivity index (χ1) is 15.3. The summed E-state index contributed by atoms with van der Waals surface area (Å²) in [5.74, 6) is -0.874. The van der Waals surface area contributed by atoms with Gasteiger partial charge in [-0.1, -0.05) is 13.0 Å². The first-order valence-electron chi connectivity index (χ1n) is 11.0. The number of benzene rings is 1. The number of piperidine rings is 1. The number of amides is 2. The second-order valence-corrected chi connectivity index (χ2v) is 10.9. The quantitative estimate of drug-likeness (QED) is 0.642. The molecule has 0 bridgehead atoms. The summed E-state index contributed by atoms with van der Waals surface area (Å²) in [6.45, 7) is 1.16.